The highest BCUT2D eigenvalue weighted by Gasteiger charge is 2.29. The van der Waals surface area contributed by atoms with Crippen LogP contribution in [0.25, 0.3) is 0 Å². The minimum atomic E-state index is -0.827. The fourth-order valence-corrected chi connectivity index (χ4v) is 2.08. The predicted molar refractivity (Wildman–Crippen MR) is 64.4 cm³/mol. The third-order valence-corrected chi connectivity index (χ3v) is 2.82. The minimum absolute atomic E-state index is 0. The molecule has 1 fully saturated rings. The summed E-state index contributed by atoms with van der Waals surface area (Å²) in [6.45, 7) is 4.41. The molecule has 1 aromatic carbocycles. The molecule has 2 unspecified atom stereocenters. The molecule has 0 aliphatic carbocycles. The van der Waals surface area contributed by atoms with E-state index >= 15 is 0 Å². The highest BCUT2D eigenvalue weighted by molar-refractivity contribution is 5.85. The van der Waals surface area contributed by atoms with E-state index in [1.807, 2.05) is 13.8 Å². The molecule has 2 rings (SSSR count). The van der Waals surface area contributed by atoms with E-state index < -0.39 is 17.7 Å². The van der Waals surface area contributed by atoms with Crippen molar-refractivity contribution in [3.8, 4) is 0 Å². The monoisotopic (exact) mass is 263 g/mol. The van der Waals surface area contributed by atoms with Gasteiger partial charge in [-0.3, -0.25) is 0 Å². The number of hydrogen-bond donors (Lipinski definition) is 1. The van der Waals surface area contributed by atoms with E-state index in [0.717, 1.165) is 6.07 Å². The highest BCUT2D eigenvalue weighted by atomic mass is 35.5. The van der Waals surface area contributed by atoms with Crippen LogP contribution in [-0.2, 0) is 4.74 Å². The summed E-state index contributed by atoms with van der Waals surface area (Å²) in [6.07, 6.45) is -0.424. The van der Waals surface area contributed by atoms with Gasteiger partial charge in [0.25, 0.3) is 0 Å². The number of benzene rings is 1. The first-order valence-corrected chi connectivity index (χ1v) is 5.41. The molecule has 3 atom stereocenters. The van der Waals surface area contributed by atoms with Crippen LogP contribution in [0.1, 0.15) is 25.5 Å². The smallest absolute Gasteiger partial charge is 0.164 e. The maximum absolute atomic E-state index is 13.6. The summed E-state index contributed by atoms with van der Waals surface area (Å²) in [4.78, 5) is 0. The fourth-order valence-electron chi connectivity index (χ4n) is 2.08. The lowest BCUT2D eigenvalue weighted by Gasteiger charge is -2.34. The van der Waals surface area contributed by atoms with Gasteiger partial charge in [-0.05, 0) is 19.9 Å². The van der Waals surface area contributed by atoms with Crippen LogP contribution in [0.4, 0.5) is 8.78 Å². The van der Waals surface area contributed by atoms with Crippen LogP contribution >= 0.6 is 12.4 Å². The summed E-state index contributed by atoms with van der Waals surface area (Å²) < 4.78 is 32.2. The Labute approximate surface area is 106 Å². The van der Waals surface area contributed by atoms with Crippen molar-refractivity contribution in [2.75, 3.05) is 6.61 Å². The number of rotatable bonds is 1. The SMILES string of the molecule is CC1N[C@@H](C)COC1c1cccc(F)c1F.Cl. The molecule has 17 heavy (non-hydrogen) atoms. The van der Waals surface area contributed by atoms with Gasteiger partial charge in [-0.25, -0.2) is 8.78 Å². The van der Waals surface area contributed by atoms with Crippen LogP contribution in [0.15, 0.2) is 18.2 Å². The zero-order valence-corrected chi connectivity index (χ0v) is 10.6. The van der Waals surface area contributed by atoms with Gasteiger partial charge in [0.15, 0.2) is 11.6 Å². The van der Waals surface area contributed by atoms with Crippen molar-refractivity contribution in [3.05, 3.63) is 35.4 Å². The van der Waals surface area contributed by atoms with Gasteiger partial charge in [0.05, 0.1) is 6.61 Å². The van der Waals surface area contributed by atoms with Gasteiger partial charge < -0.3 is 10.1 Å². The third-order valence-electron chi connectivity index (χ3n) is 2.82. The number of nitrogens with one attached hydrogen (secondary N) is 1. The first-order chi connectivity index (χ1) is 7.59. The summed E-state index contributed by atoms with van der Waals surface area (Å²) in [5.74, 6) is -1.64. The molecule has 5 heteroatoms. The van der Waals surface area contributed by atoms with Gasteiger partial charge in [0, 0.05) is 17.6 Å². The van der Waals surface area contributed by atoms with Crippen molar-refractivity contribution in [1.29, 1.82) is 0 Å². The van der Waals surface area contributed by atoms with E-state index in [2.05, 4.69) is 5.32 Å². The molecule has 0 amide bonds. The Morgan fingerprint density at radius 2 is 2.00 bits per heavy atom. The summed E-state index contributed by atoms with van der Waals surface area (Å²) >= 11 is 0. The lowest BCUT2D eigenvalue weighted by atomic mass is 10.00. The Morgan fingerprint density at radius 3 is 2.65 bits per heavy atom. The first-order valence-electron chi connectivity index (χ1n) is 5.41. The maximum Gasteiger partial charge on any atom is 0.164 e. The lowest BCUT2D eigenvalue weighted by Crippen LogP contribution is -2.47. The van der Waals surface area contributed by atoms with Gasteiger partial charge >= 0.3 is 0 Å². The summed E-state index contributed by atoms with van der Waals surface area (Å²) in [5.41, 5.74) is 0.284. The molecule has 0 bridgehead atoms. The molecule has 1 N–H and O–H groups in total. The van der Waals surface area contributed by atoms with E-state index in [9.17, 15) is 8.78 Å². The molecule has 0 saturated carbocycles. The zero-order valence-electron chi connectivity index (χ0n) is 9.74. The third kappa shape index (κ3) is 2.94. The Kier molecular flexibility index (Phi) is 4.86. The van der Waals surface area contributed by atoms with Gasteiger partial charge in [-0.15, -0.1) is 12.4 Å². The number of morpholine rings is 1. The van der Waals surface area contributed by atoms with Gasteiger partial charge in [-0.2, -0.15) is 0 Å². The molecular weight excluding hydrogens is 248 g/mol. The standard InChI is InChI=1S/C12H15F2NO.ClH/c1-7-6-16-12(8(2)15-7)9-4-3-5-10(13)11(9)14;/h3-5,7-8,12,15H,6H2,1-2H3;1H/t7-,8?,12?;/m0./s1. The highest BCUT2D eigenvalue weighted by Crippen LogP contribution is 2.28. The first kappa shape index (κ1) is 14.4. The van der Waals surface area contributed by atoms with Gasteiger partial charge in [-0.1, -0.05) is 12.1 Å². The quantitative estimate of drug-likeness (QED) is 0.841. The number of halogens is 3. The topological polar surface area (TPSA) is 21.3 Å². The largest absolute Gasteiger partial charge is 0.370 e. The van der Waals surface area contributed by atoms with Crippen LogP contribution in [0.3, 0.4) is 0 Å². The molecule has 96 valence electrons. The van der Waals surface area contributed by atoms with Crippen LogP contribution < -0.4 is 5.32 Å². The van der Waals surface area contributed by atoms with E-state index in [1.165, 1.54) is 6.07 Å². The molecule has 0 aromatic heterocycles. The predicted octanol–water partition coefficient (Wildman–Crippen LogP) is 2.82. The molecule has 1 heterocycles. The number of hydrogen-bond acceptors (Lipinski definition) is 2. The fraction of sp³-hybridized carbons (Fsp3) is 0.500. The number of ether oxygens (including phenoxy) is 1. The van der Waals surface area contributed by atoms with Gasteiger partial charge in [0.2, 0.25) is 0 Å². The molecule has 0 spiro atoms. The van der Waals surface area contributed by atoms with Crippen molar-refractivity contribution in [1.82, 2.24) is 5.32 Å². The van der Waals surface area contributed by atoms with Crippen molar-refractivity contribution < 1.29 is 13.5 Å². The zero-order chi connectivity index (χ0) is 11.7. The molecule has 2 nitrogen and oxygen atoms in total. The summed E-state index contributed by atoms with van der Waals surface area (Å²) in [7, 11) is 0. The van der Waals surface area contributed by atoms with Crippen LogP contribution in [0.2, 0.25) is 0 Å². The minimum Gasteiger partial charge on any atom is -0.370 e. The second kappa shape index (κ2) is 5.76. The van der Waals surface area contributed by atoms with Crippen molar-refractivity contribution in [2.24, 2.45) is 0 Å². The van der Waals surface area contributed by atoms with Gasteiger partial charge in [0.1, 0.15) is 6.10 Å². The van der Waals surface area contributed by atoms with Crippen LogP contribution in [-0.4, -0.2) is 18.7 Å². The summed E-state index contributed by atoms with van der Waals surface area (Å²) in [5, 5.41) is 3.26. The van der Waals surface area contributed by atoms with E-state index in [-0.39, 0.29) is 30.1 Å². The Hall–Kier alpha value is -0.710. The van der Waals surface area contributed by atoms with E-state index in [0.29, 0.717) is 6.61 Å². The second-order valence-electron chi connectivity index (χ2n) is 4.25. The second-order valence-corrected chi connectivity index (χ2v) is 4.25. The molecule has 1 aromatic rings. The average molecular weight is 264 g/mol. The van der Waals surface area contributed by atoms with E-state index in [4.69, 9.17) is 4.74 Å². The van der Waals surface area contributed by atoms with Crippen molar-refractivity contribution >= 4 is 12.4 Å². The lowest BCUT2D eigenvalue weighted by molar-refractivity contribution is -0.0228. The van der Waals surface area contributed by atoms with E-state index in [1.54, 1.807) is 6.07 Å². The Morgan fingerprint density at radius 1 is 1.29 bits per heavy atom. The molecule has 1 aliphatic rings. The Balaban J connectivity index is 0.00000144. The Bertz CT molecular complexity index is 389. The maximum atomic E-state index is 13.6. The normalized spacial score (nSPS) is 28.6. The van der Waals surface area contributed by atoms with Crippen LogP contribution in [0.5, 0.6) is 0 Å². The van der Waals surface area contributed by atoms with Crippen molar-refractivity contribution in [2.45, 2.75) is 32.0 Å². The summed E-state index contributed by atoms with van der Waals surface area (Å²) in [6, 6.07) is 4.39. The van der Waals surface area contributed by atoms with Crippen molar-refractivity contribution in [3.63, 3.8) is 0 Å². The molecular formula is C12H16ClF2NO. The molecule has 1 saturated heterocycles. The van der Waals surface area contributed by atoms with Crippen LogP contribution in [0, 0.1) is 11.6 Å². The molecule has 0 radical (unpaired) electrons. The molecule has 1 aliphatic heterocycles. The average Bonchev–Trinajstić information content (AvgIpc) is 2.23.